The largest absolute Gasteiger partial charge is 0.391 e. The van der Waals surface area contributed by atoms with E-state index in [1.165, 1.54) is 6.20 Å². The lowest BCUT2D eigenvalue weighted by atomic mass is 10.1. The van der Waals surface area contributed by atoms with E-state index >= 15 is 0 Å². The van der Waals surface area contributed by atoms with E-state index < -0.39 is 6.10 Å². The first-order valence-electron chi connectivity index (χ1n) is 9.06. The van der Waals surface area contributed by atoms with Crippen LogP contribution in [0.25, 0.3) is 0 Å². The van der Waals surface area contributed by atoms with Crippen molar-refractivity contribution in [2.24, 2.45) is 5.92 Å². The Morgan fingerprint density at radius 1 is 1.26 bits per heavy atom. The van der Waals surface area contributed by atoms with Crippen LogP contribution in [0.2, 0.25) is 0 Å². The van der Waals surface area contributed by atoms with Crippen LogP contribution in [0.5, 0.6) is 0 Å². The van der Waals surface area contributed by atoms with Crippen molar-refractivity contribution >= 4 is 5.91 Å². The molecule has 1 saturated carbocycles. The number of hydrogen-bond donors (Lipinski definition) is 2. The van der Waals surface area contributed by atoms with Crippen LogP contribution in [0.1, 0.15) is 28.9 Å². The highest BCUT2D eigenvalue weighted by Gasteiger charge is 2.34. The molecule has 4 rings (SSSR count). The summed E-state index contributed by atoms with van der Waals surface area (Å²) in [6.45, 7) is 1.26. The van der Waals surface area contributed by atoms with Gasteiger partial charge in [0.25, 0.3) is 5.91 Å². The molecule has 0 bridgehead atoms. The van der Waals surface area contributed by atoms with Crippen molar-refractivity contribution in [3.63, 3.8) is 0 Å². The van der Waals surface area contributed by atoms with E-state index in [1.807, 2.05) is 41.1 Å². The maximum Gasteiger partial charge on any atom is 0.271 e. The van der Waals surface area contributed by atoms with Gasteiger partial charge in [0.05, 0.1) is 31.2 Å². The SMILES string of the molecule is O=C(N[C@@H]1CC(Cn2ccnc2)C[C@H]1O)c1cnnn1Cc1ccccc1. The van der Waals surface area contributed by atoms with Gasteiger partial charge in [0, 0.05) is 18.9 Å². The van der Waals surface area contributed by atoms with Crippen LogP contribution in [0.3, 0.4) is 0 Å². The molecule has 0 saturated heterocycles. The van der Waals surface area contributed by atoms with Gasteiger partial charge in [-0.05, 0) is 24.3 Å². The monoisotopic (exact) mass is 366 g/mol. The molecule has 1 aromatic carbocycles. The maximum absolute atomic E-state index is 12.7. The number of aliphatic hydroxyl groups excluding tert-OH is 1. The zero-order valence-corrected chi connectivity index (χ0v) is 14.8. The number of carbonyl (C=O) groups excluding carboxylic acids is 1. The van der Waals surface area contributed by atoms with Crippen molar-refractivity contribution in [3.8, 4) is 0 Å². The molecule has 1 fully saturated rings. The second kappa shape index (κ2) is 7.71. The molecular weight excluding hydrogens is 344 g/mol. The standard InChI is InChI=1S/C19H22N6O2/c26-18-9-15(11-24-7-6-20-13-24)8-16(18)22-19(27)17-10-21-23-25(17)12-14-4-2-1-3-5-14/h1-7,10,13,15-16,18,26H,8-9,11-12H2,(H,22,27)/t15?,16-,18-/m1/s1. The minimum atomic E-state index is -0.555. The summed E-state index contributed by atoms with van der Waals surface area (Å²) in [7, 11) is 0. The molecule has 8 nitrogen and oxygen atoms in total. The van der Waals surface area contributed by atoms with Gasteiger partial charge < -0.3 is 15.0 Å². The second-order valence-corrected chi connectivity index (χ2v) is 7.01. The lowest BCUT2D eigenvalue weighted by Crippen LogP contribution is -2.40. The Balaban J connectivity index is 1.39. The fourth-order valence-electron chi connectivity index (χ4n) is 3.66. The van der Waals surface area contributed by atoms with Crippen molar-refractivity contribution in [2.75, 3.05) is 0 Å². The van der Waals surface area contributed by atoms with E-state index in [9.17, 15) is 9.90 Å². The topological polar surface area (TPSA) is 97.9 Å². The zero-order chi connectivity index (χ0) is 18.6. The van der Waals surface area contributed by atoms with Crippen LogP contribution in [0.15, 0.2) is 55.2 Å². The molecule has 0 radical (unpaired) electrons. The molecule has 8 heteroatoms. The molecule has 2 N–H and O–H groups in total. The molecule has 1 amide bonds. The number of nitrogens with one attached hydrogen (secondary N) is 1. The van der Waals surface area contributed by atoms with E-state index in [-0.39, 0.29) is 11.9 Å². The summed E-state index contributed by atoms with van der Waals surface area (Å²) in [5, 5.41) is 21.2. The molecule has 2 aromatic heterocycles. The van der Waals surface area contributed by atoms with Crippen molar-refractivity contribution in [1.29, 1.82) is 0 Å². The molecule has 3 atom stereocenters. The smallest absolute Gasteiger partial charge is 0.271 e. The summed E-state index contributed by atoms with van der Waals surface area (Å²) < 4.78 is 3.58. The number of aliphatic hydroxyl groups is 1. The lowest BCUT2D eigenvalue weighted by Gasteiger charge is -2.16. The zero-order valence-electron chi connectivity index (χ0n) is 14.8. The minimum absolute atomic E-state index is 0.261. The van der Waals surface area contributed by atoms with Crippen LogP contribution >= 0.6 is 0 Å². The van der Waals surface area contributed by atoms with Crippen molar-refractivity contribution in [3.05, 3.63) is 66.5 Å². The Hall–Kier alpha value is -3.00. The fourth-order valence-corrected chi connectivity index (χ4v) is 3.66. The van der Waals surface area contributed by atoms with Gasteiger partial charge in [0.1, 0.15) is 5.69 Å². The molecule has 2 heterocycles. The Morgan fingerprint density at radius 3 is 2.89 bits per heavy atom. The summed E-state index contributed by atoms with van der Waals surface area (Å²) in [6, 6.07) is 9.52. The first-order valence-corrected chi connectivity index (χ1v) is 9.06. The Morgan fingerprint density at radius 2 is 2.11 bits per heavy atom. The number of nitrogens with zero attached hydrogens (tertiary/aromatic N) is 5. The highest BCUT2D eigenvalue weighted by molar-refractivity contribution is 5.92. The third-order valence-corrected chi connectivity index (χ3v) is 5.00. The normalized spacial score (nSPS) is 22.0. The van der Waals surface area contributed by atoms with Crippen LogP contribution < -0.4 is 5.32 Å². The molecule has 27 heavy (non-hydrogen) atoms. The second-order valence-electron chi connectivity index (χ2n) is 7.01. The molecule has 1 aliphatic rings. The number of benzene rings is 1. The van der Waals surface area contributed by atoms with E-state index in [0.717, 1.165) is 18.5 Å². The molecule has 1 unspecified atom stereocenters. The van der Waals surface area contributed by atoms with Gasteiger partial charge in [0.2, 0.25) is 0 Å². The molecule has 0 spiro atoms. The first kappa shape index (κ1) is 17.4. The Bertz CT molecular complexity index is 877. The Kier molecular flexibility index (Phi) is 4.97. The number of aromatic nitrogens is 5. The minimum Gasteiger partial charge on any atom is -0.391 e. The van der Waals surface area contributed by atoms with Crippen LogP contribution in [0, 0.1) is 5.92 Å². The fraction of sp³-hybridized carbons (Fsp3) is 0.368. The van der Waals surface area contributed by atoms with Gasteiger partial charge in [-0.15, -0.1) is 5.10 Å². The van der Waals surface area contributed by atoms with Gasteiger partial charge in [-0.2, -0.15) is 0 Å². The average molecular weight is 366 g/mol. The predicted molar refractivity (Wildman–Crippen MR) is 97.8 cm³/mol. The summed E-state index contributed by atoms with van der Waals surface area (Å²) in [5.41, 5.74) is 1.43. The van der Waals surface area contributed by atoms with E-state index in [2.05, 4.69) is 20.6 Å². The number of carbonyl (C=O) groups is 1. The maximum atomic E-state index is 12.7. The van der Waals surface area contributed by atoms with E-state index in [4.69, 9.17) is 0 Å². The lowest BCUT2D eigenvalue weighted by molar-refractivity contribution is 0.0862. The summed E-state index contributed by atoms with van der Waals surface area (Å²) in [6.07, 6.45) is 7.71. The highest BCUT2D eigenvalue weighted by Crippen LogP contribution is 2.27. The first-order chi connectivity index (χ1) is 13.2. The third kappa shape index (κ3) is 4.06. The van der Waals surface area contributed by atoms with Gasteiger partial charge in [-0.25, -0.2) is 9.67 Å². The number of amides is 1. The van der Waals surface area contributed by atoms with Gasteiger partial charge in [0.15, 0.2) is 0 Å². The van der Waals surface area contributed by atoms with Gasteiger partial charge in [-0.3, -0.25) is 4.79 Å². The number of imidazole rings is 1. The molecule has 140 valence electrons. The van der Waals surface area contributed by atoms with Gasteiger partial charge >= 0.3 is 0 Å². The molecule has 3 aromatic rings. The van der Waals surface area contributed by atoms with Gasteiger partial charge in [-0.1, -0.05) is 35.5 Å². The van der Waals surface area contributed by atoms with E-state index in [1.54, 1.807) is 17.2 Å². The number of hydrogen-bond acceptors (Lipinski definition) is 5. The summed E-state index contributed by atoms with van der Waals surface area (Å²) in [4.78, 5) is 16.7. The van der Waals surface area contributed by atoms with Crippen molar-refractivity contribution in [2.45, 2.75) is 38.1 Å². The van der Waals surface area contributed by atoms with Crippen LogP contribution in [-0.2, 0) is 13.1 Å². The molecular formula is C19H22N6O2. The average Bonchev–Trinajstić information content (AvgIpc) is 3.39. The van der Waals surface area contributed by atoms with E-state index in [0.29, 0.717) is 24.6 Å². The molecule has 0 aliphatic heterocycles. The summed E-state index contributed by atoms with van der Waals surface area (Å²) in [5.74, 6) is 0.0371. The van der Waals surface area contributed by atoms with Crippen molar-refractivity contribution in [1.82, 2.24) is 29.9 Å². The van der Waals surface area contributed by atoms with Crippen LogP contribution in [-0.4, -0.2) is 47.7 Å². The molecule has 1 aliphatic carbocycles. The Labute approximate surface area is 156 Å². The predicted octanol–water partition coefficient (Wildman–Crippen LogP) is 1.09. The van der Waals surface area contributed by atoms with Crippen LogP contribution in [0.4, 0.5) is 0 Å². The summed E-state index contributed by atoms with van der Waals surface area (Å²) >= 11 is 0. The quantitative estimate of drug-likeness (QED) is 0.681. The number of rotatable bonds is 6. The highest BCUT2D eigenvalue weighted by atomic mass is 16.3. The van der Waals surface area contributed by atoms with Crippen molar-refractivity contribution < 1.29 is 9.90 Å². The third-order valence-electron chi connectivity index (χ3n) is 5.00.